The summed E-state index contributed by atoms with van der Waals surface area (Å²) in [4.78, 5) is 11.1. The monoisotopic (exact) mass is 451 g/mol. The first-order valence-electron chi connectivity index (χ1n) is 7.83. The number of halogens is 2. The molecule has 0 aromatic heterocycles. The van der Waals surface area contributed by atoms with Gasteiger partial charge in [0, 0.05) is 0 Å². The van der Waals surface area contributed by atoms with Crippen LogP contribution in [0.5, 0.6) is 11.5 Å². The number of nitrogens with zero attached hydrogens (tertiary/aromatic N) is 2. The maximum Gasteiger partial charge on any atom is 0.236 e. The molecule has 27 heavy (non-hydrogen) atoms. The van der Waals surface area contributed by atoms with E-state index in [9.17, 15) is 9.18 Å². The van der Waals surface area contributed by atoms with Crippen molar-refractivity contribution < 1.29 is 18.7 Å². The van der Waals surface area contributed by atoms with E-state index in [2.05, 4.69) is 31.4 Å². The lowest BCUT2D eigenvalue weighted by Gasteiger charge is -2.13. The summed E-state index contributed by atoms with van der Waals surface area (Å²) in [7, 11) is 1.53. The highest BCUT2D eigenvalue weighted by Gasteiger charge is 2.16. The third kappa shape index (κ3) is 5.30. The lowest BCUT2D eigenvalue weighted by molar-refractivity contribution is -0.116. The Morgan fingerprint density at radius 1 is 1.37 bits per heavy atom. The molecule has 3 rings (SSSR count). The highest BCUT2D eigenvalue weighted by molar-refractivity contribution is 9.10. The van der Waals surface area contributed by atoms with Gasteiger partial charge >= 0.3 is 0 Å². The normalized spacial score (nSPS) is 15.4. The van der Waals surface area contributed by atoms with Crippen molar-refractivity contribution >= 4 is 45.0 Å². The minimum Gasteiger partial charge on any atom is -0.493 e. The molecule has 1 aliphatic rings. The van der Waals surface area contributed by atoms with E-state index < -0.39 is 0 Å². The van der Waals surface area contributed by atoms with Crippen molar-refractivity contribution in [2.75, 3.05) is 12.9 Å². The molecular formula is C18H15BrFN3O3S. The first kappa shape index (κ1) is 19.4. The van der Waals surface area contributed by atoms with Crippen LogP contribution in [0.25, 0.3) is 0 Å². The molecule has 0 radical (unpaired) electrons. The van der Waals surface area contributed by atoms with Gasteiger partial charge in [-0.15, -0.1) is 5.10 Å². The topological polar surface area (TPSA) is 72.3 Å². The zero-order valence-electron chi connectivity index (χ0n) is 14.2. The minimum absolute atomic E-state index is 0.0850. The standard InChI is InChI=1S/C18H15BrFN3O3S/c1-25-15-7-12(8-21-23-18-22-16(24)10-27-18)6-14(19)17(15)26-9-11-3-2-4-13(20)5-11/h2-8H,9-10H2,1H3,(H,22,23,24). The number of hydrogen-bond acceptors (Lipinski definition) is 6. The van der Waals surface area contributed by atoms with Crippen LogP contribution in [0.2, 0.25) is 0 Å². The summed E-state index contributed by atoms with van der Waals surface area (Å²) >= 11 is 4.75. The molecule has 9 heteroatoms. The number of carbonyl (C=O) groups is 1. The van der Waals surface area contributed by atoms with Gasteiger partial charge in [-0.05, 0) is 51.3 Å². The Labute approximate surface area is 168 Å². The second-order valence-electron chi connectivity index (χ2n) is 5.44. The maximum absolute atomic E-state index is 13.3. The van der Waals surface area contributed by atoms with Gasteiger partial charge in [-0.2, -0.15) is 5.10 Å². The van der Waals surface area contributed by atoms with Crippen LogP contribution < -0.4 is 14.8 Å². The van der Waals surface area contributed by atoms with Crippen molar-refractivity contribution in [2.45, 2.75) is 6.61 Å². The fourth-order valence-corrected chi connectivity index (χ4v) is 3.47. The van der Waals surface area contributed by atoms with Gasteiger partial charge < -0.3 is 14.8 Å². The molecule has 0 saturated carbocycles. The van der Waals surface area contributed by atoms with E-state index in [-0.39, 0.29) is 18.3 Å². The molecule has 0 bridgehead atoms. The van der Waals surface area contributed by atoms with Gasteiger partial charge in [-0.25, -0.2) is 4.39 Å². The Morgan fingerprint density at radius 2 is 2.22 bits per heavy atom. The van der Waals surface area contributed by atoms with Crippen LogP contribution in [0, 0.1) is 5.82 Å². The van der Waals surface area contributed by atoms with Crippen molar-refractivity contribution in [1.82, 2.24) is 5.32 Å². The predicted octanol–water partition coefficient (Wildman–Crippen LogP) is 3.73. The zero-order chi connectivity index (χ0) is 19.2. The fraction of sp³-hybridized carbons (Fsp3) is 0.167. The number of nitrogens with one attached hydrogen (secondary N) is 1. The third-order valence-corrected chi connectivity index (χ3v) is 4.92. The van der Waals surface area contributed by atoms with Crippen molar-refractivity contribution in [3.63, 3.8) is 0 Å². The fourth-order valence-electron chi connectivity index (χ4n) is 2.26. The summed E-state index contributed by atoms with van der Waals surface area (Å²) in [5.74, 6) is 0.956. The van der Waals surface area contributed by atoms with E-state index in [0.717, 1.165) is 5.56 Å². The number of amidine groups is 1. The molecule has 1 fully saturated rings. The molecule has 2 aromatic rings. The van der Waals surface area contributed by atoms with Gasteiger partial charge in [0.05, 0.1) is 23.5 Å². The summed E-state index contributed by atoms with van der Waals surface area (Å²) in [5.41, 5.74) is 1.44. The van der Waals surface area contributed by atoms with Crippen molar-refractivity contribution in [2.24, 2.45) is 10.2 Å². The number of carbonyl (C=O) groups excluding carboxylic acids is 1. The van der Waals surface area contributed by atoms with Gasteiger partial charge in [-0.3, -0.25) is 4.79 Å². The molecule has 1 saturated heterocycles. The first-order valence-corrected chi connectivity index (χ1v) is 9.61. The molecule has 0 aliphatic carbocycles. The molecule has 0 atom stereocenters. The van der Waals surface area contributed by atoms with Gasteiger partial charge in [0.15, 0.2) is 16.7 Å². The molecule has 1 amide bonds. The molecule has 1 N–H and O–H groups in total. The SMILES string of the molecule is COc1cc(C=NN=C2NC(=O)CS2)cc(Br)c1OCc1cccc(F)c1. The Kier molecular flexibility index (Phi) is 6.46. The summed E-state index contributed by atoms with van der Waals surface area (Å²) < 4.78 is 25.1. The van der Waals surface area contributed by atoms with E-state index in [1.165, 1.54) is 31.0 Å². The second-order valence-corrected chi connectivity index (χ2v) is 7.26. The molecular weight excluding hydrogens is 437 g/mol. The Morgan fingerprint density at radius 3 is 2.93 bits per heavy atom. The van der Waals surface area contributed by atoms with Crippen molar-refractivity contribution in [1.29, 1.82) is 0 Å². The van der Waals surface area contributed by atoms with E-state index in [4.69, 9.17) is 9.47 Å². The van der Waals surface area contributed by atoms with Crippen LogP contribution in [0.4, 0.5) is 4.39 Å². The highest BCUT2D eigenvalue weighted by Crippen LogP contribution is 2.36. The summed E-state index contributed by atoms with van der Waals surface area (Å²) in [6.07, 6.45) is 1.54. The molecule has 1 aliphatic heterocycles. The van der Waals surface area contributed by atoms with E-state index in [1.54, 1.807) is 30.5 Å². The molecule has 2 aromatic carbocycles. The Hall–Kier alpha value is -2.39. The van der Waals surface area contributed by atoms with E-state index in [0.29, 0.717) is 32.5 Å². The number of benzene rings is 2. The number of ether oxygens (including phenoxy) is 2. The summed E-state index contributed by atoms with van der Waals surface area (Å²) in [5, 5.41) is 11.0. The van der Waals surface area contributed by atoms with Gasteiger partial charge in [0.25, 0.3) is 0 Å². The van der Waals surface area contributed by atoms with E-state index in [1.807, 2.05) is 0 Å². The summed E-state index contributed by atoms with van der Waals surface area (Å²) in [6, 6.07) is 9.76. The lowest BCUT2D eigenvalue weighted by Crippen LogP contribution is -2.19. The largest absolute Gasteiger partial charge is 0.493 e. The predicted molar refractivity (Wildman–Crippen MR) is 107 cm³/mol. The summed E-state index contributed by atoms with van der Waals surface area (Å²) in [6.45, 7) is 0.199. The van der Waals surface area contributed by atoms with E-state index >= 15 is 0 Å². The van der Waals surface area contributed by atoms with Crippen LogP contribution in [0.3, 0.4) is 0 Å². The molecule has 6 nitrogen and oxygen atoms in total. The van der Waals surface area contributed by atoms with Crippen LogP contribution in [-0.2, 0) is 11.4 Å². The van der Waals surface area contributed by atoms with Crippen LogP contribution in [0.1, 0.15) is 11.1 Å². The Balaban J connectivity index is 1.73. The maximum atomic E-state index is 13.3. The van der Waals surface area contributed by atoms with Crippen molar-refractivity contribution in [3.05, 3.63) is 57.8 Å². The highest BCUT2D eigenvalue weighted by atomic mass is 79.9. The Bertz CT molecular complexity index is 921. The van der Waals surface area contributed by atoms with Crippen LogP contribution in [-0.4, -0.2) is 30.2 Å². The smallest absolute Gasteiger partial charge is 0.236 e. The molecule has 0 unspecified atom stereocenters. The molecule has 140 valence electrons. The number of hydrogen-bond donors (Lipinski definition) is 1. The second kappa shape index (κ2) is 9.01. The first-order chi connectivity index (χ1) is 13.0. The average molecular weight is 452 g/mol. The van der Waals surface area contributed by atoms with Gasteiger partial charge in [0.2, 0.25) is 5.91 Å². The zero-order valence-corrected chi connectivity index (χ0v) is 16.6. The number of rotatable bonds is 6. The van der Waals surface area contributed by atoms with Gasteiger partial charge in [0.1, 0.15) is 12.4 Å². The van der Waals surface area contributed by atoms with Crippen LogP contribution >= 0.6 is 27.7 Å². The third-order valence-electron chi connectivity index (χ3n) is 3.47. The lowest BCUT2D eigenvalue weighted by atomic mass is 10.2. The number of methoxy groups -OCH3 is 1. The molecule has 1 heterocycles. The minimum atomic E-state index is -0.313. The quantitative estimate of drug-likeness (QED) is 0.536. The average Bonchev–Trinajstić information content (AvgIpc) is 3.05. The van der Waals surface area contributed by atoms with Crippen molar-refractivity contribution in [3.8, 4) is 11.5 Å². The van der Waals surface area contributed by atoms with Crippen LogP contribution in [0.15, 0.2) is 51.1 Å². The molecule has 0 spiro atoms. The number of thioether (sulfide) groups is 1. The number of amides is 1. The van der Waals surface area contributed by atoms with Gasteiger partial charge in [-0.1, -0.05) is 23.9 Å².